The molecule has 0 saturated heterocycles. The second-order valence-electron chi connectivity index (χ2n) is 6.95. The van der Waals surface area contributed by atoms with E-state index in [1.807, 2.05) is 33.0 Å². The standard InChI is InChI=1S/C20H26FN5O.C2H6/c1-13-6-4-5-7-15(13)20(8-9-20)19-25-18(27-26-19)16(22)12-17(14(2)21)24-11-10-23-3;1-2/h4-7,12,14,23H,8-11,22H2,1-3H3;1-2H3/b16-12-,24-17?;. The summed E-state index contributed by atoms with van der Waals surface area (Å²) in [5, 5.41) is 7.14. The lowest BCUT2D eigenvalue weighted by atomic mass is 9.91. The Kier molecular flexibility index (Phi) is 8.08. The normalized spacial score (nSPS) is 16.8. The van der Waals surface area contributed by atoms with E-state index in [1.165, 1.54) is 24.1 Å². The predicted octanol–water partition coefficient (Wildman–Crippen LogP) is 3.80. The Balaban J connectivity index is 0.00000145. The zero-order chi connectivity index (χ0) is 21.4. The molecule has 0 radical (unpaired) electrons. The van der Waals surface area contributed by atoms with E-state index in [0.717, 1.165) is 12.8 Å². The van der Waals surface area contributed by atoms with Gasteiger partial charge in [0, 0.05) is 6.54 Å². The molecular formula is C22H32FN5O. The quantitative estimate of drug-likeness (QED) is 0.519. The fourth-order valence-corrected chi connectivity index (χ4v) is 3.19. The average molecular weight is 402 g/mol. The highest BCUT2D eigenvalue weighted by molar-refractivity contribution is 6.02. The summed E-state index contributed by atoms with van der Waals surface area (Å²) in [5.74, 6) is 0.831. The van der Waals surface area contributed by atoms with Crippen molar-refractivity contribution in [1.29, 1.82) is 0 Å². The Hall–Kier alpha value is -2.54. The summed E-state index contributed by atoms with van der Waals surface area (Å²) in [6.07, 6.45) is 2.19. The summed E-state index contributed by atoms with van der Waals surface area (Å²) >= 11 is 0. The third-order valence-corrected chi connectivity index (χ3v) is 4.88. The molecule has 1 fully saturated rings. The van der Waals surface area contributed by atoms with Crippen molar-refractivity contribution in [3.63, 3.8) is 0 Å². The predicted molar refractivity (Wildman–Crippen MR) is 116 cm³/mol. The van der Waals surface area contributed by atoms with Crippen molar-refractivity contribution in [2.24, 2.45) is 10.7 Å². The fraction of sp³-hybridized carbons (Fsp3) is 0.500. The Morgan fingerprint density at radius 1 is 1.38 bits per heavy atom. The summed E-state index contributed by atoms with van der Waals surface area (Å²) in [6.45, 7) is 8.64. The van der Waals surface area contributed by atoms with Crippen molar-refractivity contribution in [3.05, 3.63) is 53.2 Å². The molecule has 1 unspecified atom stereocenters. The van der Waals surface area contributed by atoms with Gasteiger partial charge in [-0.15, -0.1) is 0 Å². The van der Waals surface area contributed by atoms with Crippen molar-refractivity contribution >= 4 is 11.4 Å². The molecule has 1 atom stereocenters. The van der Waals surface area contributed by atoms with Gasteiger partial charge in [0.25, 0.3) is 5.89 Å². The van der Waals surface area contributed by atoms with E-state index in [0.29, 0.717) is 18.9 Å². The van der Waals surface area contributed by atoms with Crippen LogP contribution in [0.5, 0.6) is 0 Å². The van der Waals surface area contributed by atoms with Crippen LogP contribution >= 0.6 is 0 Å². The van der Waals surface area contributed by atoms with Crippen LogP contribution in [0.4, 0.5) is 4.39 Å². The number of benzene rings is 1. The minimum absolute atomic E-state index is 0.201. The maximum absolute atomic E-state index is 13.8. The number of hydrogen-bond acceptors (Lipinski definition) is 6. The van der Waals surface area contributed by atoms with E-state index in [2.05, 4.69) is 39.5 Å². The van der Waals surface area contributed by atoms with E-state index >= 15 is 0 Å². The summed E-state index contributed by atoms with van der Waals surface area (Å²) in [4.78, 5) is 8.75. The molecule has 3 N–H and O–H groups in total. The molecule has 3 rings (SSSR count). The van der Waals surface area contributed by atoms with Crippen molar-refractivity contribution in [1.82, 2.24) is 15.5 Å². The third-order valence-electron chi connectivity index (χ3n) is 4.88. The second kappa shape index (κ2) is 10.3. The van der Waals surface area contributed by atoms with Gasteiger partial charge in [-0.25, -0.2) is 4.39 Å². The van der Waals surface area contributed by atoms with Crippen molar-refractivity contribution in [2.75, 3.05) is 20.1 Å². The van der Waals surface area contributed by atoms with Gasteiger partial charge in [-0.2, -0.15) is 4.98 Å². The van der Waals surface area contributed by atoms with Crippen LogP contribution < -0.4 is 11.1 Å². The van der Waals surface area contributed by atoms with Gasteiger partial charge in [0.15, 0.2) is 5.82 Å². The van der Waals surface area contributed by atoms with Crippen LogP contribution in [0.25, 0.3) is 5.70 Å². The lowest BCUT2D eigenvalue weighted by Gasteiger charge is -2.13. The Bertz CT molecular complexity index is 852. The Morgan fingerprint density at radius 3 is 2.66 bits per heavy atom. The summed E-state index contributed by atoms with van der Waals surface area (Å²) < 4.78 is 19.2. The summed E-state index contributed by atoms with van der Waals surface area (Å²) in [6, 6.07) is 8.23. The maximum atomic E-state index is 13.8. The van der Waals surface area contributed by atoms with E-state index in [1.54, 1.807) is 0 Å². The number of hydrogen-bond donors (Lipinski definition) is 2. The zero-order valence-corrected chi connectivity index (χ0v) is 18.0. The summed E-state index contributed by atoms with van der Waals surface area (Å²) in [7, 11) is 1.82. The number of aromatic nitrogens is 2. The molecule has 1 saturated carbocycles. The van der Waals surface area contributed by atoms with Crippen molar-refractivity contribution in [2.45, 2.75) is 52.1 Å². The molecule has 158 valence electrons. The van der Waals surface area contributed by atoms with Crippen LogP contribution in [0.2, 0.25) is 0 Å². The monoisotopic (exact) mass is 401 g/mol. The highest BCUT2D eigenvalue weighted by atomic mass is 19.1. The highest BCUT2D eigenvalue weighted by Crippen LogP contribution is 2.53. The SMILES string of the molecule is CC.CNCCN=C(/C=C(\N)c1nc(C2(c3ccccc3C)CC2)no1)C(C)F. The third kappa shape index (κ3) is 5.29. The number of allylic oxidation sites excluding steroid dienone is 1. The second-order valence-corrected chi connectivity index (χ2v) is 6.95. The molecule has 1 aliphatic carbocycles. The minimum Gasteiger partial charge on any atom is -0.394 e. The van der Waals surface area contributed by atoms with Crippen LogP contribution in [0.15, 0.2) is 39.9 Å². The van der Waals surface area contributed by atoms with E-state index in [4.69, 9.17) is 10.3 Å². The number of nitrogens with two attached hydrogens (primary N) is 1. The fourth-order valence-electron chi connectivity index (χ4n) is 3.19. The van der Waals surface area contributed by atoms with Crippen molar-refractivity contribution < 1.29 is 8.91 Å². The lowest BCUT2D eigenvalue weighted by Crippen LogP contribution is -2.16. The first-order valence-corrected chi connectivity index (χ1v) is 10.2. The molecule has 1 heterocycles. The van der Waals surface area contributed by atoms with Crippen LogP contribution in [-0.2, 0) is 5.41 Å². The number of likely N-dealkylation sites (N-methyl/N-ethyl adjacent to an activating group) is 1. The van der Waals surface area contributed by atoms with Gasteiger partial charge in [0.05, 0.1) is 23.4 Å². The molecule has 0 spiro atoms. The smallest absolute Gasteiger partial charge is 0.273 e. The molecule has 2 aromatic rings. The number of nitrogens with one attached hydrogen (secondary N) is 1. The largest absolute Gasteiger partial charge is 0.394 e. The molecular weight excluding hydrogens is 369 g/mol. The molecule has 1 aromatic carbocycles. The first-order chi connectivity index (χ1) is 14.0. The number of halogens is 1. The Labute approximate surface area is 172 Å². The molecule has 1 aromatic heterocycles. The first-order valence-electron chi connectivity index (χ1n) is 10.2. The molecule has 7 heteroatoms. The lowest BCUT2D eigenvalue weighted by molar-refractivity contribution is 0.396. The average Bonchev–Trinajstić information content (AvgIpc) is 3.37. The molecule has 6 nitrogen and oxygen atoms in total. The molecule has 1 aliphatic rings. The van der Waals surface area contributed by atoms with E-state index < -0.39 is 6.17 Å². The minimum atomic E-state index is -1.23. The number of aryl methyl sites for hydroxylation is 1. The van der Waals surface area contributed by atoms with Crippen LogP contribution in [0.3, 0.4) is 0 Å². The van der Waals surface area contributed by atoms with E-state index in [-0.39, 0.29) is 22.7 Å². The van der Waals surface area contributed by atoms with Gasteiger partial charge in [-0.3, -0.25) is 4.99 Å². The van der Waals surface area contributed by atoms with Gasteiger partial charge in [0.2, 0.25) is 0 Å². The molecule has 0 amide bonds. The molecule has 29 heavy (non-hydrogen) atoms. The van der Waals surface area contributed by atoms with Gasteiger partial charge < -0.3 is 15.6 Å². The zero-order valence-electron chi connectivity index (χ0n) is 18.0. The van der Waals surface area contributed by atoms with Gasteiger partial charge in [0.1, 0.15) is 6.17 Å². The maximum Gasteiger partial charge on any atom is 0.273 e. The van der Waals surface area contributed by atoms with Gasteiger partial charge in [-0.05, 0) is 50.9 Å². The topological polar surface area (TPSA) is 89.3 Å². The van der Waals surface area contributed by atoms with Crippen LogP contribution in [-0.4, -0.2) is 42.2 Å². The van der Waals surface area contributed by atoms with E-state index in [9.17, 15) is 4.39 Å². The summed E-state index contributed by atoms with van der Waals surface area (Å²) in [5.41, 5.74) is 8.79. The van der Waals surface area contributed by atoms with Crippen LogP contribution in [0, 0.1) is 6.92 Å². The number of rotatable bonds is 8. The number of nitrogens with zero attached hydrogens (tertiary/aromatic N) is 3. The number of alkyl halides is 1. The molecule has 0 aliphatic heterocycles. The van der Waals surface area contributed by atoms with Crippen molar-refractivity contribution in [3.8, 4) is 0 Å². The number of aliphatic imine (C=N–C) groups is 1. The van der Waals surface area contributed by atoms with Crippen LogP contribution in [0.1, 0.15) is 56.5 Å². The molecule has 0 bridgehead atoms. The highest BCUT2D eigenvalue weighted by Gasteiger charge is 2.50. The first kappa shape index (κ1) is 22.7. The Morgan fingerprint density at radius 2 is 2.07 bits per heavy atom. The van der Waals surface area contributed by atoms with Gasteiger partial charge in [-0.1, -0.05) is 43.3 Å². The van der Waals surface area contributed by atoms with Gasteiger partial charge >= 0.3 is 0 Å².